The van der Waals surface area contributed by atoms with Crippen LogP contribution in [0, 0.1) is 23.6 Å². The van der Waals surface area contributed by atoms with Crippen molar-refractivity contribution < 1.29 is 23.5 Å². The molecule has 4 atom stereocenters. The van der Waals surface area contributed by atoms with Crippen molar-refractivity contribution in [2.75, 3.05) is 18.5 Å². The monoisotopic (exact) mass is 424 g/mol. The van der Waals surface area contributed by atoms with E-state index in [4.69, 9.17) is 16.3 Å². The molecule has 1 aromatic rings. The van der Waals surface area contributed by atoms with Crippen LogP contribution in [0.25, 0.3) is 0 Å². The second-order valence-corrected chi connectivity index (χ2v) is 8.50. The molecule has 0 aromatic heterocycles. The highest BCUT2D eigenvalue weighted by Gasteiger charge is 2.42. The lowest BCUT2D eigenvalue weighted by Crippen LogP contribution is -2.45. The molecule has 3 rings (SSSR count). The van der Waals surface area contributed by atoms with Crippen LogP contribution in [0.3, 0.4) is 0 Å². The molecule has 29 heavy (non-hydrogen) atoms. The summed E-state index contributed by atoms with van der Waals surface area (Å²) < 4.78 is 18.7. The predicted molar refractivity (Wildman–Crippen MR) is 107 cm³/mol. The summed E-state index contributed by atoms with van der Waals surface area (Å²) in [5, 5.41) is 2.60. The maximum atomic E-state index is 13.7. The fourth-order valence-electron chi connectivity index (χ4n) is 4.24. The van der Waals surface area contributed by atoms with Crippen LogP contribution in [0.4, 0.5) is 10.1 Å². The zero-order valence-electron chi connectivity index (χ0n) is 16.6. The zero-order chi connectivity index (χ0) is 21.1. The van der Waals surface area contributed by atoms with Crippen LogP contribution in [0.1, 0.15) is 39.5 Å². The number of ether oxygens (including phenoxy) is 1. The molecule has 0 spiro atoms. The maximum absolute atomic E-state index is 13.7. The molecule has 0 radical (unpaired) electrons. The third-order valence-corrected chi connectivity index (χ3v) is 6.34. The first-order valence-electron chi connectivity index (χ1n) is 9.97. The highest BCUT2D eigenvalue weighted by molar-refractivity contribution is 6.30. The number of halogens is 2. The Morgan fingerprint density at radius 1 is 1.31 bits per heavy atom. The van der Waals surface area contributed by atoms with Crippen molar-refractivity contribution >= 4 is 35.1 Å². The summed E-state index contributed by atoms with van der Waals surface area (Å²) in [6.45, 7) is 4.13. The fraction of sp³-hybridized carbons (Fsp3) is 0.571. The van der Waals surface area contributed by atoms with E-state index in [1.54, 1.807) is 0 Å². The van der Waals surface area contributed by atoms with E-state index < -0.39 is 30.2 Å². The van der Waals surface area contributed by atoms with Gasteiger partial charge in [0.25, 0.3) is 5.91 Å². The summed E-state index contributed by atoms with van der Waals surface area (Å²) in [5.74, 6) is -1.58. The summed E-state index contributed by atoms with van der Waals surface area (Å²) in [6.07, 6.45) is 3.29. The number of esters is 1. The molecule has 1 saturated heterocycles. The minimum Gasteiger partial charge on any atom is -0.455 e. The van der Waals surface area contributed by atoms with Gasteiger partial charge in [0.1, 0.15) is 5.82 Å². The minimum absolute atomic E-state index is 0.0386. The molecule has 0 unspecified atom stereocenters. The van der Waals surface area contributed by atoms with Crippen LogP contribution >= 0.6 is 11.6 Å². The molecule has 0 bridgehead atoms. The third-order valence-electron chi connectivity index (χ3n) is 6.10. The molecule has 1 aliphatic heterocycles. The van der Waals surface area contributed by atoms with Gasteiger partial charge in [-0.3, -0.25) is 14.4 Å². The standard InChI is InChI=1S/C21H26ClFN2O4/c1-12-4-3-5-18(13(12)2)25-10-14(8-20(25)27)21(28)29-11-19(26)24-17-9-15(22)6-7-16(17)23/h6-7,9,12-14,18H,3-5,8,10-11H2,1-2H3,(H,24,26)/t12-,13+,14+,18-/m0/s1. The average molecular weight is 425 g/mol. The van der Waals surface area contributed by atoms with Gasteiger partial charge in [0.05, 0.1) is 11.6 Å². The Morgan fingerprint density at radius 2 is 2.07 bits per heavy atom. The molecule has 1 aromatic carbocycles. The van der Waals surface area contributed by atoms with Crippen LogP contribution in [0.5, 0.6) is 0 Å². The topological polar surface area (TPSA) is 75.7 Å². The van der Waals surface area contributed by atoms with Crippen LogP contribution in [0.15, 0.2) is 18.2 Å². The lowest BCUT2D eigenvalue weighted by atomic mass is 9.77. The van der Waals surface area contributed by atoms with Gasteiger partial charge in [-0.15, -0.1) is 0 Å². The number of anilines is 1. The Hall–Kier alpha value is -2.15. The van der Waals surface area contributed by atoms with Crippen molar-refractivity contribution in [3.8, 4) is 0 Å². The Labute approximate surface area is 174 Å². The highest BCUT2D eigenvalue weighted by atomic mass is 35.5. The Balaban J connectivity index is 1.51. The molecule has 6 nitrogen and oxygen atoms in total. The first-order valence-corrected chi connectivity index (χ1v) is 10.3. The lowest BCUT2D eigenvalue weighted by Gasteiger charge is -2.39. The molecule has 2 aliphatic rings. The molecular weight excluding hydrogens is 399 g/mol. The van der Waals surface area contributed by atoms with E-state index in [1.165, 1.54) is 12.1 Å². The zero-order valence-corrected chi connectivity index (χ0v) is 17.4. The fourth-order valence-corrected chi connectivity index (χ4v) is 4.41. The van der Waals surface area contributed by atoms with Gasteiger partial charge in [-0.1, -0.05) is 38.3 Å². The second kappa shape index (κ2) is 9.11. The van der Waals surface area contributed by atoms with Gasteiger partial charge in [-0.25, -0.2) is 4.39 Å². The van der Waals surface area contributed by atoms with E-state index in [1.807, 2.05) is 4.90 Å². The molecule has 1 aliphatic carbocycles. The summed E-state index contributed by atoms with van der Waals surface area (Å²) in [5.41, 5.74) is -0.0822. The van der Waals surface area contributed by atoms with Crippen molar-refractivity contribution in [3.05, 3.63) is 29.0 Å². The van der Waals surface area contributed by atoms with Crippen LogP contribution in [-0.2, 0) is 19.1 Å². The molecule has 1 heterocycles. The summed E-state index contributed by atoms with van der Waals surface area (Å²) in [6, 6.07) is 3.92. The number of carbonyl (C=O) groups excluding carboxylic acids is 3. The number of likely N-dealkylation sites (tertiary alicyclic amines) is 1. The number of hydrogen-bond acceptors (Lipinski definition) is 4. The lowest BCUT2D eigenvalue weighted by molar-refractivity contribution is -0.151. The molecule has 1 N–H and O–H groups in total. The van der Waals surface area contributed by atoms with Crippen molar-refractivity contribution in [2.45, 2.75) is 45.6 Å². The van der Waals surface area contributed by atoms with Gasteiger partial charge in [-0.05, 0) is 36.5 Å². The maximum Gasteiger partial charge on any atom is 0.311 e. The molecule has 2 amide bonds. The third kappa shape index (κ3) is 5.07. The number of nitrogens with one attached hydrogen (secondary N) is 1. The van der Waals surface area contributed by atoms with E-state index in [-0.39, 0.29) is 29.1 Å². The van der Waals surface area contributed by atoms with Crippen molar-refractivity contribution in [1.29, 1.82) is 0 Å². The normalized spacial score (nSPS) is 27.0. The SMILES string of the molecule is C[C@@H]1[C@@H](C)CCC[C@@H]1N1C[C@H](C(=O)OCC(=O)Nc2cc(Cl)ccc2F)CC1=O. The minimum atomic E-state index is -0.671. The first-order chi connectivity index (χ1) is 13.8. The Bertz CT molecular complexity index is 803. The van der Waals surface area contributed by atoms with Gasteiger partial charge in [0, 0.05) is 24.0 Å². The van der Waals surface area contributed by atoms with Crippen molar-refractivity contribution in [3.63, 3.8) is 0 Å². The van der Waals surface area contributed by atoms with Crippen molar-refractivity contribution in [2.24, 2.45) is 17.8 Å². The van der Waals surface area contributed by atoms with Gasteiger partial charge >= 0.3 is 5.97 Å². The van der Waals surface area contributed by atoms with E-state index in [9.17, 15) is 18.8 Å². The number of hydrogen-bond donors (Lipinski definition) is 1. The number of carbonyl (C=O) groups is 3. The Morgan fingerprint density at radius 3 is 2.83 bits per heavy atom. The van der Waals surface area contributed by atoms with Gasteiger partial charge in [0.15, 0.2) is 6.61 Å². The van der Waals surface area contributed by atoms with E-state index in [2.05, 4.69) is 19.2 Å². The largest absolute Gasteiger partial charge is 0.455 e. The second-order valence-electron chi connectivity index (χ2n) is 8.06. The number of amides is 2. The highest BCUT2D eigenvalue weighted by Crippen LogP contribution is 2.35. The van der Waals surface area contributed by atoms with Gasteiger partial charge in [0.2, 0.25) is 5.91 Å². The van der Waals surface area contributed by atoms with E-state index in [0.29, 0.717) is 18.4 Å². The van der Waals surface area contributed by atoms with Crippen molar-refractivity contribution in [1.82, 2.24) is 4.90 Å². The number of nitrogens with zero attached hydrogens (tertiary/aromatic N) is 1. The molecule has 158 valence electrons. The molecule has 8 heteroatoms. The summed E-state index contributed by atoms with van der Waals surface area (Å²) in [7, 11) is 0. The van der Waals surface area contributed by atoms with Gasteiger partial charge < -0.3 is 15.0 Å². The molecule has 2 fully saturated rings. The summed E-state index contributed by atoms with van der Waals surface area (Å²) in [4.78, 5) is 38.6. The molecular formula is C21H26ClFN2O4. The van der Waals surface area contributed by atoms with Gasteiger partial charge in [-0.2, -0.15) is 0 Å². The quantitative estimate of drug-likeness (QED) is 0.732. The number of benzene rings is 1. The van der Waals surface area contributed by atoms with E-state index in [0.717, 1.165) is 25.3 Å². The average Bonchev–Trinajstić information content (AvgIpc) is 3.06. The van der Waals surface area contributed by atoms with Crippen LogP contribution in [0.2, 0.25) is 5.02 Å². The van der Waals surface area contributed by atoms with Crippen LogP contribution in [-0.4, -0.2) is 41.9 Å². The first kappa shape index (κ1) is 21.6. The Kier molecular flexibility index (Phi) is 6.77. The van der Waals surface area contributed by atoms with Crippen LogP contribution < -0.4 is 5.32 Å². The molecule has 1 saturated carbocycles. The predicted octanol–water partition coefficient (Wildman–Crippen LogP) is 3.63. The number of rotatable bonds is 5. The summed E-state index contributed by atoms with van der Waals surface area (Å²) >= 11 is 5.78. The smallest absolute Gasteiger partial charge is 0.311 e. The van der Waals surface area contributed by atoms with E-state index >= 15 is 0 Å².